The molecule has 1 heterocycles. The first-order valence-electron chi connectivity index (χ1n) is 8.30. The van der Waals surface area contributed by atoms with Crippen LogP contribution in [0.15, 0.2) is 0 Å². The van der Waals surface area contributed by atoms with Crippen molar-refractivity contribution in [2.75, 3.05) is 6.61 Å². The van der Waals surface area contributed by atoms with Crippen LogP contribution in [0, 0.1) is 0 Å². The molecule has 0 spiro atoms. The van der Waals surface area contributed by atoms with Gasteiger partial charge in [0.1, 0.15) is 0 Å². The molecule has 4 heteroatoms. The third-order valence-electron chi connectivity index (χ3n) is 3.54. The number of carbonyl (C=O) groups excluding carboxylic acids is 1. The number of hydrogen-bond donors (Lipinski definition) is 0. The maximum Gasteiger partial charge on any atom is 0.376 e. The molecular formula is C19H32N2O2. The molecule has 0 bridgehead atoms. The van der Waals surface area contributed by atoms with Gasteiger partial charge in [-0.1, -0.05) is 62.3 Å². The summed E-state index contributed by atoms with van der Waals surface area (Å²) in [7, 11) is 0. The van der Waals surface area contributed by atoms with Gasteiger partial charge in [-0.25, -0.2) is 14.8 Å². The van der Waals surface area contributed by atoms with Crippen molar-refractivity contribution in [1.29, 1.82) is 0 Å². The molecular weight excluding hydrogens is 288 g/mol. The number of nitrogens with zero attached hydrogens (tertiary/aromatic N) is 2. The standard InChI is InChI=1S/C19H32N2O2/c1-11-23-16(22)15-20-13(18(5,6)7)12(17(2,3)4)14(21-15)19(8,9)10/h11H2,1-10H3. The fraction of sp³-hybridized carbons (Fsp3) is 0.737. The van der Waals surface area contributed by atoms with E-state index >= 15 is 0 Å². The topological polar surface area (TPSA) is 52.1 Å². The molecule has 0 atom stereocenters. The highest BCUT2D eigenvalue weighted by Gasteiger charge is 2.35. The molecule has 0 aliphatic rings. The van der Waals surface area contributed by atoms with E-state index in [4.69, 9.17) is 4.74 Å². The number of aromatic nitrogens is 2. The van der Waals surface area contributed by atoms with Crippen molar-refractivity contribution in [1.82, 2.24) is 9.97 Å². The van der Waals surface area contributed by atoms with Crippen molar-refractivity contribution in [3.8, 4) is 0 Å². The minimum Gasteiger partial charge on any atom is -0.460 e. The molecule has 0 amide bonds. The Morgan fingerprint density at radius 3 is 1.48 bits per heavy atom. The van der Waals surface area contributed by atoms with E-state index < -0.39 is 5.97 Å². The van der Waals surface area contributed by atoms with Crippen LogP contribution in [0.25, 0.3) is 0 Å². The lowest BCUT2D eigenvalue weighted by molar-refractivity contribution is 0.0510. The predicted molar refractivity (Wildman–Crippen MR) is 94.1 cm³/mol. The van der Waals surface area contributed by atoms with Gasteiger partial charge in [-0.2, -0.15) is 0 Å². The first kappa shape index (κ1) is 19.6. The predicted octanol–water partition coefficient (Wildman–Crippen LogP) is 4.55. The quantitative estimate of drug-likeness (QED) is 0.750. The molecule has 1 aromatic heterocycles. The molecule has 0 saturated carbocycles. The second-order valence-corrected chi connectivity index (χ2v) is 9.09. The molecule has 1 rings (SSSR count). The molecule has 0 fully saturated rings. The lowest BCUT2D eigenvalue weighted by atomic mass is 9.73. The number of carbonyl (C=O) groups is 1. The van der Waals surface area contributed by atoms with Crippen LogP contribution in [0.4, 0.5) is 0 Å². The van der Waals surface area contributed by atoms with Gasteiger partial charge in [0.2, 0.25) is 5.82 Å². The molecule has 0 N–H and O–H groups in total. The minimum absolute atomic E-state index is 0.113. The number of ether oxygens (including phenoxy) is 1. The lowest BCUT2D eigenvalue weighted by Crippen LogP contribution is -2.32. The zero-order chi connectivity index (χ0) is 18.2. The molecule has 1 aromatic rings. The molecule has 0 radical (unpaired) electrons. The van der Waals surface area contributed by atoms with Crippen LogP contribution < -0.4 is 0 Å². The summed E-state index contributed by atoms with van der Waals surface area (Å²) in [6, 6.07) is 0. The Morgan fingerprint density at radius 1 is 0.826 bits per heavy atom. The normalized spacial score (nSPS) is 13.1. The molecule has 0 saturated heterocycles. The lowest BCUT2D eigenvalue weighted by Gasteiger charge is -2.34. The van der Waals surface area contributed by atoms with Crippen LogP contribution in [0.5, 0.6) is 0 Å². The largest absolute Gasteiger partial charge is 0.460 e. The molecule has 0 unspecified atom stereocenters. The summed E-state index contributed by atoms with van der Waals surface area (Å²) < 4.78 is 5.12. The van der Waals surface area contributed by atoms with Crippen molar-refractivity contribution < 1.29 is 9.53 Å². The van der Waals surface area contributed by atoms with E-state index in [1.54, 1.807) is 6.92 Å². The Morgan fingerprint density at radius 2 is 1.22 bits per heavy atom. The summed E-state index contributed by atoms with van der Waals surface area (Å²) in [5.41, 5.74) is 2.49. The Kier molecular flexibility index (Phi) is 5.30. The Hall–Kier alpha value is -1.45. The van der Waals surface area contributed by atoms with Crippen LogP contribution in [-0.2, 0) is 21.0 Å². The summed E-state index contributed by atoms with van der Waals surface area (Å²) in [4.78, 5) is 21.5. The van der Waals surface area contributed by atoms with Gasteiger partial charge in [-0.3, -0.25) is 0 Å². The van der Waals surface area contributed by atoms with Gasteiger partial charge in [-0.15, -0.1) is 0 Å². The number of esters is 1. The molecule has 0 aliphatic heterocycles. The Balaban J connectivity index is 3.84. The van der Waals surface area contributed by atoms with Gasteiger partial charge in [0, 0.05) is 16.4 Å². The van der Waals surface area contributed by atoms with Crippen LogP contribution in [0.3, 0.4) is 0 Å². The van der Waals surface area contributed by atoms with Gasteiger partial charge in [-0.05, 0) is 12.3 Å². The van der Waals surface area contributed by atoms with Crippen molar-refractivity contribution in [2.45, 2.75) is 85.5 Å². The van der Waals surface area contributed by atoms with Crippen molar-refractivity contribution in [2.24, 2.45) is 0 Å². The highest BCUT2D eigenvalue weighted by atomic mass is 16.5. The van der Waals surface area contributed by atoms with E-state index in [0.29, 0.717) is 6.61 Å². The highest BCUT2D eigenvalue weighted by molar-refractivity contribution is 5.85. The average molecular weight is 320 g/mol. The van der Waals surface area contributed by atoms with Crippen LogP contribution in [0.2, 0.25) is 0 Å². The Labute approximate surface area is 141 Å². The van der Waals surface area contributed by atoms with Crippen molar-refractivity contribution in [3.05, 3.63) is 22.8 Å². The SMILES string of the molecule is CCOC(=O)c1nc(C(C)(C)C)c(C(C)(C)C)c(C(C)(C)C)n1. The van der Waals surface area contributed by atoms with Crippen molar-refractivity contribution in [3.63, 3.8) is 0 Å². The molecule has 23 heavy (non-hydrogen) atoms. The van der Waals surface area contributed by atoms with E-state index in [-0.39, 0.29) is 22.1 Å². The van der Waals surface area contributed by atoms with Gasteiger partial charge < -0.3 is 4.74 Å². The van der Waals surface area contributed by atoms with Gasteiger partial charge in [0.05, 0.1) is 18.0 Å². The highest BCUT2D eigenvalue weighted by Crippen LogP contribution is 2.38. The second-order valence-electron chi connectivity index (χ2n) is 9.09. The van der Waals surface area contributed by atoms with Gasteiger partial charge in [0.15, 0.2) is 0 Å². The smallest absolute Gasteiger partial charge is 0.376 e. The van der Waals surface area contributed by atoms with Crippen LogP contribution >= 0.6 is 0 Å². The zero-order valence-corrected chi connectivity index (χ0v) is 16.4. The number of hydrogen-bond acceptors (Lipinski definition) is 4. The van der Waals surface area contributed by atoms with E-state index in [2.05, 4.69) is 72.3 Å². The van der Waals surface area contributed by atoms with E-state index in [1.807, 2.05) is 0 Å². The second kappa shape index (κ2) is 6.21. The monoisotopic (exact) mass is 320 g/mol. The third-order valence-corrected chi connectivity index (χ3v) is 3.54. The van der Waals surface area contributed by atoms with E-state index in [0.717, 1.165) is 17.0 Å². The van der Waals surface area contributed by atoms with Crippen LogP contribution in [0.1, 0.15) is 96.8 Å². The fourth-order valence-electron chi connectivity index (χ4n) is 2.54. The first-order valence-corrected chi connectivity index (χ1v) is 8.30. The van der Waals surface area contributed by atoms with Crippen molar-refractivity contribution >= 4 is 5.97 Å². The summed E-state index contributed by atoms with van der Waals surface area (Å²) >= 11 is 0. The molecule has 0 aromatic carbocycles. The van der Waals surface area contributed by atoms with E-state index in [9.17, 15) is 4.79 Å². The van der Waals surface area contributed by atoms with E-state index in [1.165, 1.54) is 0 Å². The first-order chi connectivity index (χ1) is 10.2. The summed E-state index contributed by atoms with van der Waals surface area (Å²) in [6.07, 6.45) is 0. The maximum atomic E-state index is 12.2. The van der Waals surface area contributed by atoms with Gasteiger partial charge in [0.25, 0.3) is 0 Å². The van der Waals surface area contributed by atoms with Gasteiger partial charge >= 0.3 is 5.97 Å². The van der Waals surface area contributed by atoms with Crippen LogP contribution in [-0.4, -0.2) is 22.5 Å². The summed E-state index contributed by atoms with van der Waals surface area (Å²) in [5.74, 6) is -0.293. The summed E-state index contributed by atoms with van der Waals surface area (Å²) in [6.45, 7) is 21.3. The minimum atomic E-state index is -0.455. The molecule has 130 valence electrons. The number of rotatable bonds is 2. The molecule has 0 aliphatic carbocycles. The zero-order valence-electron chi connectivity index (χ0n) is 16.4. The fourth-order valence-corrected chi connectivity index (χ4v) is 2.54. The third kappa shape index (κ3) is 4.52. The molecule has 4 nitrogen and oxygen atoms in total. The maximum absolute atomic E-state index is 12.2. The average Bonchev–Trinajstić information content (AvgIpc) is 2.34. The summed E-state index contributed by atoms with van der Waals surface area (Å²) in [5, 5.41) is 0. The Bertz CT molecular complexity index is 550.